The van der Waals surface area contributed by atoms with Crippen LogP contribution in [0.2, 0.25) is 0 Å². The fourth-order valence-corrected chi connectivity index (χ4v) is 2.63. The van der Waals surface area contributed by atoms with Crippen molar-refractivity contribution in [2.45, 2.75) is 65.0 Å². The molecule has 8 heteroatoms. The third-order valence-corrected chi connectivity index (χ3v) is 3.94. The van der Waals surface area contributed by atoms with Gasteiger partial charge in [-0.15, -0.1) is 0 Å². The number of anilines is 1. The second-order valence-corrected chi connectivity index (χ2v) is 8.03. The number of carbonyl (C=O) groups excluding carboxylic acids is 3. The van der Waals surface area contributed by atoms with Gasteiger partial charge < -0.3 is 15.4 Å². The van der Waals surface area contributed by atoms with Crippen molar-refractivity contribution in [1.29, 1.82) is 0 Å². The first kappa shape index (κ1) is 23.1. The molecule has 1 rings (SSSR count). The van der Waals surface area contributed by atoms with Crippen LogP contribution in [0.3, 0.4) is 0 Å². The number of benzene rings is 1. The predicted octanol–water partition coefficient (Wildman–Crippen LogP) is 4.57. The highest BCUT2D eigenvalue weighted by atomic mass is 79.9. The van der Waals surface area contributed by atoms with Crippen molar-refractivity contribution in [1.82, 2.24) is 5.32 Å². The second-order valence-electron chi connectivity index (χ2n) is 7.12. The van der Waals surface area contributed by atoms with Crippen LogP contribution in [0.15, 0.2) is 22.7 Å². The Hall–Kier alpha value is -1.96. The normalized spacial score (nSPS) is 12.2. The highest BCUT2D eigenvalue weighted by Crippen LogP contribution is 2.19. The summed E-state index contributed by atoms with van der Waals surface area (Å²) in [6.07, 6.45) is 0.993. The molecule has 6 nitrogen and oxygen atoms in total. The summed E-state index contributed by atoms with van der Waals surface area (Å²) < 4.78 is 19.5. The van der Waals surface area contributed by atoms with Gasteiger partial charge >= 0.3 is 12.0 Å². The average Bonchev–Trinajstić information content (AvgIpc) is 2.53. The first-order valence-corrected chi connectivity index (χ1v) is 9.58. The van der Waals surface area contributed by atoms with E-state index < -0.39 is 29.5 Å². The molecule has 1 aromatic carbocycles. The van der Waals surface area contributed by atoms with E-state index in [0.29, 0.717) is 17.3 Å². The molecule has 0 saturated heterocycles. The molecule has 0 aliphatic rings. The Balaban J connectivity index is 2.62. The maximum atomic E-state index is 13.8. The van der Waals surface area contributed by atoms with E-state index in [2.05, 4.69) is 26.6 Å². The SMILES string of the molecule is CCC[C@H](NC(=O)Nc1ccc(Br)cc1F)C(=O)CCC(=O)OC(C)(C)C. The van der Waals surface area contributed by atoms with Gasteiger partial charge in [-0.05, 0) is 45.4 Å². The van der Waals surface area contributed by atoms with E-state index in [0.717, 1.165) is 0 Å². The Morgan fingerprint density at radius 2 is 1.89 bits per heavy atom. The van der Waals surface area contributed by atoms with Crippen molar-refractivity contribution in [2.24, 2.45) is 0 Å². The molecule has 0 bridgehead atoms. The van der Waals surface area contributed by atoms with Crippen molar-refractivity contribution >= 4 is 39.4 Å². The van der Waals surface area contributed by atoms with Crippen LogP contribution in [0, 0.1) is 5.82 Å². The Morgan fingerprint density at radius 3 is 2.44 bits per heavy atom. The van der Waals surface area contributed by atoms with E-state index in [1.165, 1.54) is 12.1 Å². The fourth-order valence-electron chi connectivity index (χ4n) is 2.30. The predicted molar refractivity (Wildman–Crippen MR) is 105 cm³/mol. The van der Waals surface area contributed by atoms with Crippen LogP contribution in [0.4, 0.5) is 14.9 Å². The van der Waals surface area contributed by atoms with Gasteiger partial charge in [0, 0.05) is 10.9 Å². The molecule has 1 aromatic rings. The van der Waals surface area contributed by atoms with Gasteiger partial charge in [0.05, 0.1) is 18.2 Å². The van der Waals surface area contributed by atoms with E-state index in [-0.39, 0.29) is 24.3 Å². The van der Waals surface area contributed by atoms with Crippen molar-refractivity contribution in [3.05, 3.63) is 28.5 Å². The summed E-state index contributed by atoms with van der Waals surface area (Å²) in [7, 11) is 0. The van der Waals surface area contributed by atoms with Gasteiger partial charge in [-0.25, -0.2) is 9.18 Å². The zero-order valence-electron chi connectivity index (χ0n) is 16.0. The third-order valence-electron chi connectivity index (χ3n) is 3.45. The lowest BCUT2D eigenvalue weighted by molar-refractivity contribution is -0.155. The molecule has 0 radical (unpaired) electrons. The first-order chi connectivity index (χ1) is 12.5. The van der Waals surface area contributed by atoms with Crippen LogP contribution < -0.4 is 10.6 Å². The Kier molecular flexibility index (Phi) is 8.88. The lowest BCUT2D eigenvalue weighted by Crippen LogP contribution is -2.43. The molecule has 27 heavy (non-hydrogen) atoms. The molecular formula is C19H26BrFN2O4. The Morgan fingerprint density at radius 1 is 1.22 bits per heavy atom. The van der Waals surface area contributed by atoms with Gasteiger partial charge in [0.25, 0.3) is 0 Å². The number of rotatable bonds is 8. The lowest BCUT2D eigenvalue weighted by Gasteiger charge is -2.20. The standard InChI is InChI=1S/C19H26BrFN2O4/c1-5-6-15(16(24)9-10-17(25)27-19(2,3)4)23-18(26)22-14-8-7-12(20)11-13(14)21/h7-8,11,15H,5-6,9-10H2,1-4H3,(H2,22,23,26)/t15-/m0/s1. The highest BCUT2D eigenvalue weighted by molar-refractivity contribution is 9.10. The summed E-state index contributed by atoms with van der Waals surface area (Å²) in [5.74, 6) is -1.33. The average molecular weight is 445 g/mol. The molecular weight excluding hydrogens is 419 g/mol. The van der Waals surface area contributed by atoms with Gasteiger partial charge in [-0.3, -0.25) is 9.59 Å². The molecule has 0 fully saturated rings. The van der Waals surface area contributed by atoms with Crippen molar-refractivity contribution in [3.8, 4) is 0 Å². The van der Waals surface area contributed by atoms with Gasteiger partial charge in [0.1, 0.15) is 11.4 Å². The van der Waals surface area contributed by atoms with Crippen molar-refractivity contribution in [2.75, 3.05) is 5.32 Å². The fraction of sp³-hybridized carbons (Fsp3) is 0.526. The molecule has 0 aliphatic heterocycles. The molecule has 0 saturated carbocycles. The lowest BCUT2D eigenvalue weighted by atomic mass is 10.0. The number of amides is 2. The first-order valence-electron chi connectivity index (χ1n) is 8.79. The summed E-state index contributed by atoms with van der Waals surface area (Å²) in [6.45, 7) is 7.13. The minimum atomic E-state index is -0.754. The number of carbonyl (C=O) groups is 3. The van der Waals surface area contributed by atoms with Gasteiger partial charge in [0.15, 0.2) is 5.78 Å². The minimum absolute atomic E-state index is 0.00662. The van der Waals surface area contributed by atoms with Crippen LogP contribution in [0.5, 0.6) is 0 Å². The second kappa shape index (κ2) is 10.4. The summed E-state index contributed by atoms with van der Waals surface area (Å²) in [5.41, 5.74) is -0.609. The van der Waals surface area contributed by atoms with E-state index in [9.17, 15) is 18.8 Å². The summed E-state index contributed by atoms with van der Waals surface area (Å²) in [5, 5.41) is 4.94. The number of ether oxygens (including phenoxy) is 1. The van der Waals surface area contributed by atoms with E-state index >= 15 is 0 Å². The van der Waals surface area contributed by atoms with Crippen LogP contribution in [0.1, 0.15) is 53.4 Å². The summed E-state index contributed by atoms with van der Waals surface area (Å²) in [6, 6.07) is 2.80. The topological polar surface area (TPSA) is 84.5 Å². The molecule has 1 atom stereocenters. The zero-order chi connectivity index (χ0) is 20.6. The highest BCUT2D eigenvalue weighted by Gasteiger charge is 2.23. The van der Waals surface area contributed by atoms with Crippen LogP contribution >= 0.6 is 15.9 Å². The molecule has 0 unspecified atom stereocenters. The molecule has 0 heterocycles. The van der Waals surface area contributed by atoms with Crippen LogP contribution in [-0.2, 0) is 14.3 Å². The van der Waals surface area contributed by atoms with E-state index in [4.69, 9.17) is 4.74 Å². The number of ketones is 1. The van der Waals surface area contributed by atoms with Gasteiger partial charge in [0.2, 0.25) is 0 Å². The van der Waals surface area contributed by atoms with Gasteiger partial charge in [-0.2, -0.15) is 0 Å². The third kappa shape index (κ3) is 8.99. The number of hydrogen-bond acceptors (Lipinski definition) is 4. The van der Waals surface area contributed by atoms with E-state index in [1.807, 2.05) is 6.92 Å². The Labute approximate surface area is 167 Å². The quantitative estimate of drug-likeness (QED) is 0.575. The van der Waals surface area contributed by atoms with Crippen molar-refractivity contribution < 1.29 is 23.5 Å². The largest absolute Gasteiger partial charge is 0.460 e. The number of esters is 1. The molecule has 0 spiro atoms. The minimum Gasteiger partial charge on any atom is -0.460 e. The molecule has 150 valence electrons. The number of urea groups is 1. The van der Waals surface area contributed by atoms with Crippen molar-refractivity contribution in [3.63, 3.8) is 0 Å². The van der Waals surface area contributed by atoms with Gasteiger partial charge in [-0.1, -0.05) is 29.3 Å². The number of hydrogen-bond donors (Lipinski definition) is 2. The van der Waals surface area contributed by atoms with Crippen LogP contribution in [0.25, 0.3) is 0 Å². The Bertz CT molecular complexity index is 689. The maximum absolute atomic E-state index is 13.8. The monoisotopic (exact) mass is 444 g/mol. The smallest absolute Gasteiger partial charge is 0.319 e. The summed E-state index contributed by atoms with van der Waals surface area (Å²) >= 11 is 3.14. The summed E-state index contributed by atoms with van der Waals surface area (Å²) in [4.78, 5) is 36.2. The maximum Gasteiger partial charge on any atom is 0.319 e. The number of nitrogens with one attached hydrogen (secondary N) is 2. The molecule has 2 N–H and O–H groups in total. The molecule has 0 aromatic heterocycles. The number of halogens is 2. The van der Waals surface area contributed by atoms with E-state index in [1.54, 1.807) is 26.8 Å². The van der Waals surface area contributed by atoms with Crippen LogP contribution in [-0.4, -0.2) is 29.4 Å². The zero-order valence-corrected chi connectivity index (χ0v) is 17.6. The number of Topliss-reactive ketones (excluding diaryl/α,β-unsaturated/α-hetero) is 1. The molecule has 2 amide bonds. The molecule has 0 aliphatic carbocycles.